The molecular formula is C18H22N6. The predicted octanol–water partition coefficient (Wildman–Crippen LogP) is 2.10. The van der Waals surface area contributed by atoms with E-state index in [2.05, 4.69) is 49.9 Å². The minimum atomic E-state index is 0.177. The highest BCUT2D eigenvalue weighted by molar-refractivity contribution is 5.92. The SMILES string of the molecule is CC(N1CCNCC1)n1c(N)nc2c(-c3ccccn3)cccc21. The lowest BCUT2D eigenvalue weighted by Crippen LogP contribution is -2.45. The molecule has 1 saturated heterocycles. The average molecular weight is 322 g/mol. The van der Waals surface area contributed by atoms with Gasteiger partial charge in [-0.1, -0.05) is 18.2 Å². The normalized spacial score (nSPS) is 17.2. The molecule has 3 heterocycles. The fourth-order valence-electron chi connectivity index (χ4n) is 3.48. The van der Waals surface area contributed by atoms with Crippen LogP contribution in [0, 0.1) is 0 Å². The van der Waals surface area contributed by atoms with Gasteiger partial charge in [0.2, 0.25) is 5.95 Å². The van der Waals surface area contributed by atoms with Crippen molar-refractivity contribution in [3.8, 4) is 11.3 Å². The van der Waals surface area contributed by atoms with E-state index in [-0.39, 0.29) is 6.17 Å². The monoisotopic (exact) mass is 322 g/mol. The standard InChI is InChI=1S/C18H22N6/c1-13(23-11-9-20-10-12-23)24-16-7-4-5-14(17(16)22-18(24)19)15-6-2-3-8-21-15/h2-8,13,20H,9-12H2,1H3,(H2,19,22). The Morgan fingerprint density at radius 1 is 1.12 bits per heavy atom. The van der Waals surface area contributed by atoms with E-state index < -0.39 is 0 Å². The maximum Gasteiger partial charge on any atom is 0.202 e. The quantitative estimate of drug-likeness (QED) is 0.773. The molecule has 1 aliphatic heterocycles. The third kappa shape index (κ3) is 2.53. The summed E-state index contributed by atoms with van der Waals surface area (Å²) in [4.78, 5) is 11.6. The van der Waals surface area contributed by atoms with Crippen LogP contribution < -0.4 is 11.1 Å². The molecule has 0 spiro atoms. The van der Waals surface area contributed by atoms with Gasteiger partial charge in [0.15, 0.2) is 0 Å². The number of benzene rings is 1. The molecule has 1 aliphatic rings. The summed E-state index contributed by atoms with van der Waals surface area (Å²) in [6.45, 7) is 6.24. The number of nitrogens with two attached hydrogens (primary N) is 1. The van der Waals surface area contributed by atoms with Gasteiger partial charge in [-0.2, -0.15) is 0 Å². The Kier molecular flexibility index (Phi) is 3.92. The zero-order valence-electron chi connectivity index (χ0n) is 13.8. The number of nitrogens with zero attached hydrogens (tertiary/aromatic N) is 4. The molecule has 24 heavy (non-hydrogen) atoms. The van der Waals surface area contributed by atoms with Gasteiger partial charge in [0.1, 0.15) is 5.52 Å². The largest absolute Gasteiger partial charge is 0.369 e. The minimum Gasteiger partial charge on any atom is -0.369 e. The molecule has 0 saturated carbocycles. The first-order chi connectivity index (χ1) is 11.8. The van der Waals surface area contributed by atoms with Crippen molar-refractivity contribution in [3.63, 3.8) is 0 Å². The van der Waals surface area contributed by atoms with E-state index in [1.165, 1.54) is 0 Å². The summed E-state index contributed by atoms with van der Waals surface area (Å²) < 4.78 is 2.13. The maximum atomic E-state index is 6.30. The number of aromatic nitrogens is 3. The Morgan fingerprint density at radius 2 is 1.96 bits per heavy atom. The van der Waals surface area contributed by atoms with E-state index in [0.717, 1.165) is 48.5 Å². The molecule has 0 aliphatic carbocycles. The second-order valence-electron chi connectivity index (χ2n) is 6.15. The van der Waals surface area contributed by atoms with Crippen LogP contribution in [0.2, 0.25) is 0 Å². The van der Waals surface area contributed by atoms with Crippen molar-refractivity contribution in [3.05, 3.63) is 42.6 Å². The predicted molar refractivity (Wildman–Crippen MR) is 96.5 cm³/mol. The Morgan fingerprint density at radius 3 is 2.71 bits per heavy atom. The molecule has 0 bridgehead atoms. The molecule has 1 aromatic carbocycles. The number of fused-ring (bicyclic) bond motifs is 1. The fourth-order valence-corrected chi connectivity index (χ4v) is 3.48. The molecule has 3 aromatic rings. The Hall–Kier alpha value is -2.44. The van der Waals surface area contributed by atoms with E-state index >= 15 is 0 Å². The first-order valence-electron chi connectivity index (χ1n) is 8.38. The number of nitrogen functional groups attached to an aromatic ring is 1. The third-order valence-electron chi connectivity index (χ3n) is 4.74. The van der Waals surface area contributed by atoms with Crippen molar-refractivity contribution in [2.24, 2.45) is 0 Å². The van der Waals surface area contributed by atoms with Crippen molar-refractivity contribution < 1.29 is 0 Å². The number of piperazine rings is 1. The van der Waals surface area contributed by atoms with E-state index in [9.17, 15) is 0 Å². The molecule has 0 radical (unpaired) electrons. The summed E-state index contributed by atoms with van der Waals surface area (Å²) >= 11 is 0. The molecule has 1 atom stereocenters. The lowest BCUT2D eigenvalue weighted by Gasteiger charge is -2.34. The fraction of sp³-hybridized carbons (Fsp3) is 0.333. The summed E-state index contributed by atoms with van der Waals surface area (Å²) in [7, 11) is 0. The Bertz CT molecular complexity index is 835. The summed E-state index contributed by atoms with van der Waals surface area (Å²) in [5.41, 5.74) is 10.2. The van der Waals surface area contributed by atoms with Crippen LogP contribution in [0.15, 0.2) is 42.6 Å². The van der Waals surface area contributed by atoms with Crippen molar-refractivity contribution in [2.45, 2.75) is 13.1 Å². The van der Waals surface area contributed by atoms with Crippen LogP contribution in [0.5, 0.6) is 0 Å². The van der Waals surface area contributed by atoms with Gasteiger partial charge in [0.25, 0.3) is 0 Å². The van der Waals surface area contributed by atoms with Crippen LogP contribution in [0.25, 0.3) is 22.3 Å². The van der Waals surface area contributed by atoms with Gasteiger partial charge in [-0.3, -0.25) is 14.5 Å². The molecular weight excluding hydrogens is 300 g/mol. The number of hydrogen-bond acceptors (Lipinski definition) is 5. The first-order valence-corrected chi connectivity index (χ1v) is 8.38. The zero-order chi connectivity index (χ0) is 16.5. The van der Waals surface area contributed by atoms with Gasteiger partial charge in [-0.25, -0.2) is 4.98 Å². The van der Waals surface area contributed by atoms with Crippen LogP contribution >= 0.6 is 0 Å². The number of hydrogen-bond donors (Lipinski definition) is 2. The Labute approximate surface area is 141 Å². The lowest BCUT2D eigenvalue weighted by atomic mass is 10.1. The number of rotatable bonds is 3. The van der Waals surface area contributed by atoms with E-state index in [0.29, 0.717) is 5.95 Å². The molecule has 6 nitrogen and oxygen atoms in total. The van der Waals surface area contributed by atoms with Gasteiger partial charge in [-0.15, -0.1) is 0 Å². The summed E-state index contributed by atoms with van der Waals surface area (Å²) in [6, 6.07) is 12.1. The molecule has 6 heteroatoms. The molecule has 4 rings (SSSR count). The van der Waals surface area contributed by atoms with Crippen LogP contribution in [-0.4, -0.2) is 45.6 Å². The molecule has 1 fully saturated rings. The molecule has 124 valence electrons. The smallest absolute Gasteiger partial charge is 0.202 e. The highest BCUT2D eigenvalue weighted by Gasteiger charge is 2.22. The van der Waals surface area contributed by atoms with E-state index in [4.69, 9.17) is 5.73 Å². The summed E-state index contributed by atoms with van der Waals surface area (Å²) in [5, 5.41) is 3.39. The number of para-hydroxylation sites is 1. The number of nitrogens with one attached hydrogen (secondary N) is 1. The van der Waals surface area contributed by atoms with E-state index in [1.807, 2.05) is 18.2 Å². The molecule has 1 unspecified atom stereocenters. The minimum absolute atomic E-state index is 0.177. The Balaban J connectivity index is 1.81. The highest BCUT2D eigenvalue weighted by atomic mass is 15.3. The molecule has 3 N–H and O–H groups in total. The molecule has 2 aromatic heterocycles. The number of imidazole rings is 1. The van der Waals surface area contributed by atoms with Crippen LogP contribution in [0.4, 0.5) is 5.95 Å². The van der Waals surface area contributed by atoms with Crippen LogP contribution in [-0.2, 0) is 0 Å². The van der Waals surface area contributed by atoms with Crippen LogP contribution in [0.1, 0.15) is 13.1 Å². The summed E-state index contributed by atoms with van der Waals surface area (Å²) in [6.07, 6.45) is 1.98. The average Bonchev–Trinajstić information content (AvgIpc) is 2.98. The van der Waals surface area contributed by atoms with Gasteiger partial charge in [0.05, 0.1) is 17.4 Å². The zero-order valence-corrected chi connectivity index (χ0v) is 13.8. The van der Waals surface area contributed by atoms with Crippen molar-refractivity contribution in [1.29, 1.82) is 0 Å². The van der Waals surface area contributed by atoms with Crippen molar-refractivity contribution in [1.82, 2.24) is 24.8 Å². The number of pyridine rings is 1. The van der Waals surface area contributed by atoms with Crippen LogP contribution in [0.3, 0.4) is 0 Å². The summed E-state index contributed by atoms with van der Waals surface area (Å²) in [5.74, 6) is 0.555. The lowest BCUT2D eigenvalue weighted by molar-refractivity contribution is 0.140. The first kappa shape index (κ1) is 15.1. The molecule has 0 amide bonds. The third-order valence-corrected chi connectivity index (χ3v) is 4.74. The van der Waals surface area contributed by atoms with Gasteiger partial charge in [0, 0.05) is 37.9 Å². The van der Waals surface area contributed by atoms with Gasteiger partial charge < -0.3 is 11.1 Å². The van der Waals surface area contributed by atoms with Gasteiger partial charge >= 0.3 is 0 Å². The van der Waals surface area contributed by atoms with Crippen molar-refractivity contribution >= 4 is 17.0 Å². The maximum absolute atomic E-state index is 6.30. The highest BCUT2D eigenvalue weighted by Crippen LogP contribution is 2.31. The topological polar surface area (TPSA) is 72.0 Å². The van der Waals surface area contributed by atoms with Crippen molar-refractivity contribution in [2.75, 3.05) is 31.9 Å². The second-order valence-corrected chi connectivity index (χ2v) is 6.15. The van der Waals surface area contributed by atoms with Gasteiger partial charge in [-0.05, 0) is 25.1 Å². The second kappa shape index (κ2) is 6.22. The van der Waals surface area contributed by atoms with E-state index in [1.54, 1.807) is 6.20 Å². The number of anilines is 1.